The number of nitrogens with one attached hydrogen (secondary N) is 1. The fourth-order valence-electron chi connectivity index (χ4n) is 2.34. The SMILES string of the molecule is NS(=O)(=O)c1ccc(NC2=CC(=O)N(c3ccccc3)C2)cc1. The van der Waals surface area contributed by atoms with Crippen molar-refractivity contribution in [2.75, 3.05) is 16.8 Å². The summed E-state index contributed by atoms with van der Waals surface area (Å²) in [7, 11) is -3.71. The molecule has 0 saturated heterocycles. The Labute approximate surface area is 134 Å². The summed E-state index contributed by atoms with van der Waals surface area (Å²) in [6.07, 6.45) is 1.53. The van der Waals surface area contributed by atoms with Crippen LogP contribution in [0, 0.1) is 0 Å². The molecule has 1 aliphatic rings. The summed E-state index contributed by atoms with van der Waals surface area (Å²) in [5.41, 5.74) is 2.25. The number of hydrogen-bond donors (Lipinski definition) is 2. The van der Waals surface area contributed by atoms with Gasteiger partial charge in [0.1, 0.15) is 0 Å². The van der Waals surface area contributed by atoms with Crippen LogP contribution in [-0.2, 0) is 14.8 Å². The maximum absolute atomic E-state index is 12.1. The zero-order valence-electron chi connectivity index (χ0n) is 12.1. The molecule has 0 bridgehead atoms. The maximum atomic E-state index is 12.1. The van der Waals surface area contributed by atoms with Crippen LogP contribution in [0.2, 0.25) is 0 Å². The van der Waals surface area contributed by atoms with Crippen molar-refractivity contribution in [3.63, 3.8) is 0 Å². The van der Waals surface area contributed by atoms with Crippen molar-refractivity contribution in [1.29, 1.82) is 0 Å². The second kappa shape index (κ2) is 5.86. The number of amides is 1. The summed E-state index contributed by atoms with van der Waals surface area (Å²) in [5.74, 6) is -0.0974. The molecule has 7 heteroatoms. The zero-order chi connectivity index (χ0) is 16.4. The van der Waals surface area contributed by atoms with Crippen LogP contribution in [0.1, 0.15) is 0 Å². The summed E-state index contributed by atoms with van der Waals surface area (Å²) in [6.45, 7) is 0.430. The van der Waals surface area contributed by atoms with E-state index < -0.39 is 10.0 Å². The average Bonchev–Trinajstić information content (AvgIpc) is 2.88. The third-order valence-electron chi connectivity index (χ3n) is 3.45. The highest BCUT2D eigenvalue weighted by molar-refractivity contribution is 7.89. The Hall–Kier alpha value is -2.64. The van der Waals surface area contributed by atoms with Gasteiger partial charge in [0.05, 0.1) is 11.4 Å². The molecule has 1 aliphatic heterocycles. The van der Waals surface area contributed by atoms with Gasteiger partial charge in [0.25, 0.3) is 5.91 Å². The van der Waals surface area contributed by atoms with Gasteiger partial charge in [0, 0.05) is 23.1 Å². The van der Waals surface area contributed by atoms with Crippen molar-refractivity contribution in [3.05, 3.63) is 66.4 Å². The Morgan fingerprint density at radius 3 is 2.26 bits per heavy atom. The van der Waals surface area contributed by atoms with Gasteiger partial charge in [-0.25, -0.2) is 13.6 Å². The third-order valence-corrected chi connectivity index (χ3v) is 4.38. The molecule has 0 aromatic heterocycles. The van der Waals surface area contributed by atoms with Gasteiger partial charge in [-0.1, -0.05) is 18.2 Å². The quantitative estimate of drug-likeness (QED) is 0.892. The van der Waals surface area contributed by atoms with Gasteiger partial charge in [-0.3, -0.25) is 4.79 Å². The monoisotopic (exact) mass is 329 g/mol. The summed E-state index contributed by atoms with van der Waals surface area (Å²) in [4.78, 5) is 13.8. The smallest absolute Gasteiger partial charge is 0.253 e. The van der Waals surface area contributed by atoms with Crippen LogP contribution in [0.15, 0.2) is 71.3 Å². The fourth-order valence-corrected chi connectivity index (χ4v) is 2.85. The summed E-state index contributed by atoms with van der Waals surface area (Å²) in [6, 6.07) is 15.4. The van der Waals surface area contributed by atoms with Crippen molar-refractivity contribution >= 4 is 27.3 Å². The molecule has 0 saturated carbocycles. The van der Waals surface area contributed by atoms with E-state index in [1.807, 2.05) is 30.3 Å². The largest absolute Gasteiger partial charge is 0.357 e. The lowest BCUT2D eigenvalue weighted by atomic mass is 10.3. The minimum absolute atomic E-state index is 0.0467. The number of anilines is 2. The number of carbonyl (C=O) groups is 1. The molecule has 23 heavy (non-hydrogen) atoms. The first-order valence-electron chi connectivity index (χ1n) is 6.90. The predicted molar refractivity (Wildman–Crippen MR) is 88.3 cm³/mol. The number of sulfonamides is 1. The molecule has 1 amide bonds. The number of rotatable bonds is 4. The Morgan fingerprint density at radius 1 is 1.00 bits per heavy atom. The number of carbonyl (C=O) groups excluding carboxylic acids is 1. The first kappa shape index (κ1) is 15.3. The molecule has 3 rings (SSSR count). The Morgan fingerprint density at radius 2 is 1.65 bits per heavy atom. The van der Waals surface area contributed by atoms with E-state index in [0.717, 1.165) is 11.4 Å². The normalized spacial score (nSPS) is 14.7. The van der Waals surface area contributed by atoms with E-state index in [0.29, 0.717) is 12.2 Å². The molecule has 3 N–H and O–H groups in total. The molecular weight excluding hydrogens is 314 g/mol. The van der Waals surface area contributed by atoms with E-state index in [1.165, 1.54) is 18.2 Å². The van der Waals surface area contributed by atoms with Gasteiger partial charge in [0.15, 0.2) is 0 Å². The Bertz CT molecular complexity index is 859. The summed E-state index contributed by atoms with van der Waals surface area (Å²) >= 11 is 0. The van der Waals surface area contributed by atoms with Crippen LogP contribution in [0.3, 0.4) is 0 Å². The van der Waals surface area contributed by atoms with E-state index in [1.54, 1.807) is 17.0 Å². The molecule has 2 aromatic rings. The van der Waals surface area contributed by atoms with Crippen molar-refractivity contribution in [1.82, 2.24) is 0 Å². The predicted octanol–water partition coefficient (Wildman–Crippen LogP) is 1.68. The van der Waals surface area contributed by atoms with E-state index in [9.17, 15) is 13.2 Å². The van der Waals surface area contributed by atoms with E-state index in [4.69, 9.17) is 5.14 Å². The number of nitrogens with two attached hydrogens (primary N) is 1. The minimum Gasteiger partial charge on any atom is -0.357 e. The van der Waals surface area contributed by atoms with Gasteiger partial charge in [0.2, 0.25) is 10.0 Å². The highest BCUT2D eigenvalue weighted by Gasteiger charge is 2.22. The summed E-state index contributed by atoms with van der Waals surface area (Å²) < 4.78 is 22.5. The second-order valence-corrected chi connectivity index (χ2v) is 6.69. The standard InChI is InChI=1S/C16H15N3O3S/c17-23(21,22)15-8-6-12(7-9-15)18-13-10-16(20)19(11-13)14-4-2-1-3-5-14/h1-10,18H,11H2,(H2,17,21,22). The highest BCUT2D eigenvalue weighted by Crippen LogP contribution is 2.22. The molecule has 0 fully saturated rings. The van der Waals surface area contributed by atoms with Gasteiger partial charge in [-0.05, 0) is 36.4 Å². The molecule has 118 valence electrons. The van der Waals surface area contributed by atoms with Gasteiger partial charge >= 0.3 is 0 Å². The van der Waals surface area contributed by atoms with Gasteiger partial charge in [-0.2, -0.15) is 0 Å². The third kappa shape index (κ3) is 3.41. The first-order chi connectivity index (χ1) is 10.9. The lowest BCUT2D eigenvalue weighted by Gasteiger charge is -2.17. The number of benzene rings is 2. The first-order valence-corrected chi connectivity index (χ1v) is 8.45. The van der Waals surface area contributed by atoms with Crippen LogP contribution in [0.5, 0.6) is 0 Å². The molecular formula is C16H15N3O3S. The maximum Gasteiger partial charge on any atom is 0.253 e. The fraction of sp³-hybridized carbons (Fsp3) is 0.0625. The topological polar surface area (TPSA) is 92.5 Å². The Balaban J connectivity index is 1.72. The Kier molecular flexibility index (Phi) is 3.89. The van der Waals surface area contributed by atoms with Crippen LogP contribution in [0.4, 0.5) is 11.4 Å². The molecule has 0 atom stereocenters. The molecule has 2 aromatic carbocycles. The van der Waals surface area contributed by atoms with Crippen LogP contribution < -0.4 is 15.4 Å². The van der Waals surface area contributed by atoms with Crippen LogP contribution in [0.25, 0.3) is 0 Å². The molecule has 0 spiro atoms. The molecule has 6 nitrogen and oxygen atoms in total. The number of para-hydroxylation sites is 1. The van der Waals surface area contributed by atoms with Crippen molar-refractivity contribution in [2.24, 2.45) is 5.14 Å². The van der Waals surface area contributed by atoms with Crippen LogP contribution >= 0.6 is 0 Å². The number of primary sulfonamides is 1. The van der Waals surface area contributed by atoms with Crippen LogP contribution in [-0.4, -0.2) is 20.9 Å². The van der Waals surface area contributed by atoms with E-state index in [-0.39, 0.29) is 10.8 Å². The summed E-state index contributed by atoms with van der Waals surface area (Å²) in [5, 5.41) is 8.17. The lowest BCUT2D eigenvalue weighted by molar-refractivity contribution is -0.113. The molecule has 0 unspecified atom stereocenters. The molecule has 0 aliphatic carbocycles. The van der Waals surface area contributed by atoms with Crippen molar-refractivity contribution in [3.8, 4) is 0 Å². The van der Waals surface area contributed by atoms with Crippen molar-refractivity contribution < 1.29 is 13.2 Å². The van der Waals surface area contributed by atoms with Gasteiger partial charge in [-0.15, -0.1) is 0 Å². The van der Waals surface area contributed by atoms with Crippen molar-refractivity contribution in [2.45, 2.75) is 4.90 Å². The molecule has 1 heterocycles. The average molecular weight is 329 g/mol. The van der Waals surface area contributed by atoms with E-state index in [2.05, 4.69) is 5.32 Å². The van der Waals surface area contributed by atoms with E-state index >= 15 is 0 Å². The number of hydrogen-bond acceptors (Lipinski definition) is 4. The molecule has 0 radical (unpaired) electrons. The lowest BCUT2D eigenvalue weighted by Crippen LogP contribution is -2.25. The zero-order valence-corrected chi connectivity index (χ0v) is 13.0. The second-order valence-electron chi connectivity index (χ2n) is 5.12. The minimum atomic E-state index is -3.71. The van der Waals surface area contributed by atoms with Gasteiger partial charge < -0.3 is 10.2 Å². The number of nitrogens with zero attached hydrogens (tertiary/aromatic N) is 1. The highest BCUT2D eigenvalue weighted by atomic mass is 32.2.